The van der Waals surface area contributed by atoms with Crippen LogP contribution in [0.2, 0.25) is 0 Å². The van der Waals surface area contributed by atoms with E-state index >= 15 is 0 Å². The van der Waals surface area contributed by atoms with E-state index in [1.54, 1.807) is 11.3 Å². The molecular formula is C24H38N6O2S. The summed E-state index contributed by atoms with van der Waals surface area (Å²) in [6.45, 7) is 4.55. The number of carbonyl (C=O) groups excluding carboxylic acids is 2. The van der Waals surface area contributed by atoms with E-state index in [4.69, 9.17) is 0 Å². The molecule has 0 saturated carbocycles. The molecule has 182 valence electrons. The Morgan fingerprint density at radius 3 is 2.67 bits per heavy atom. The van der Waals surface area contributed by atoms with Gasteiger partial charge in [0.05, 0.1) is 11.5 Å². The molecule has 3 rings (SSSR count). The smallest absolute Gasteiger partial charge is 0.324 e. The topological polar surface area (TPSA) is 91.7 Å². The van der Waals surface area contributed by atoms with Crippen molar-refractivity contribution in [3.05, 3.63) is 16.0 Å². The number of nitrogens with zero attached hydrogens (tertiary/aromatic N) is 4. The third-order valence-corrected chi connectivity index (χ3v) is 8.13. The number of nitriles is 1. The molecule has 2 N–H and O–H groups in total. The van der Waals surface area contributed by atoms with Gasteiger partial charge in [-0.1, -0.05) is 6.92 Å². The van der Waals surface area contributed by atoms with Crippen molar-refractivity contribution < 1.29 is 9.59 Å². The highest BCUT2D eigenvalue weighted by Crippen LogP contribution is 2.43. The van der Waals surface area contributed by atoms with Gasteiger partial charge in [-0.15, -0.1) is 11.3 Å². The number of hydrogen-bond donors (Lipinski definition) is 2. The second kappa shape index (κ2) is 11.3. The maximum Gasteiger partial charge on any atom is 0.324 e. The fourth-order valence-corrected chi connectivity index (χ4v) is 6.42. The molecule has 1 aliphatic carbocycles. The summed E-state index contributed by atoms with van der Waals surface area (Å²) in [7, 11) is 7.96. The Morgan fingerprint density at radius 2 is 2.03 bits per heavy atom. The molecular weight excluding hydrogens is 436 g/mol. The SMILES string of the molecule is CCCN(C(=O)NCCCN(C)C)C(=O)[C@@H]1C[C@@H]2Cc3c(sc(NC)c3C#N)C[C@H]2N(C)C1. The second-order valence-electron chi connectivity index (χ2n) is 9.56. The highest BCUT2D eigenvalue weighted by Gasteiger charge is 2.43. The Balaban J connectivity index is 1.70. The summed E-state index contributed by atoms with van der Waals surface area (Å²) >= 11 is 1.69. The summed E-state index contributed by atoms with van der Waals surface area (Å²) < 4.78 is 0. The van der Waals surface area contributed by atoms with Gasteiger partial charge in [0, 0.05) is 37.6 Å². The van der Waals surface area contributed by atoms with E-state index in [9.17, 15) is 14.9 Å². The molecule has 3 atom stereocenters. The van der Waals surface area contributed by atoms with Crippen molar-refractivity contribution in [2.24, 2.45) is 11.8 Å². The summed E-state index contributed by atoms with van der Waals surface area (Å²) in [4.78, 5) is 33.4. The molecule has 0 unspecified atom stereocenters. The fraction of sp³-hybridized carbons (Fsp3) is 0.708. The van der Waals surface area contributed by atoms with Crippen LogP contribution in [0.1, 0.15) is 42.2 Å². The maximum atomic E-state index is 13.5. The number of rotatable bonds is 8. The van der Waals surface area contributed by atoms with E-state index in [1.165, 1.54) is 9.78 Å². The van der Waals surface area contributed by atoms with E-state index < -0.39 is 0 Å². The first-order valence-electron chi connectivity index (χ1n) is 12.0. The van der Waals surface area contributed by atoms with Crippen molar-refractivity contribution in [2.45, 2.75) is 45.1 Å². The number of urea groups is 1. The fourth-order valence-electron chi connectivity index (χ4n) is 5.24. The number of hydrogen-bond acceptors (Lipinski definition) is 7. The van der Waals surface area contributed by atoms with E-state index in [0.717, 1.165) is 54.8 Å². The van der Waals surface area contributed by atoms with E-state index in [-0.39, 0.29) is 17.9 Å². The summed E-state index contributed by atoms with van der Waals surface area (Å²) in [6, 6.07) is 2.47. The van der Waals surface area contributed by atoms with Gasteiger partial charge < -0.3 is 20.4 Å². The molecule has 1 fully saturated rings. The lowest BCUT2D eigenvalue weighted by molar-refractivity contribution is -0.136. The van der Waals surface area contributed by atoms with Crippen LogP contribution < -0.4 is 10.6 Å². The molecule has 1 aliphatic heterocycles. The third-order valence-electron chi connectivity index (χ3n) is 6.86. The Bertz CT molecular complexity index is 892. The van der Waals surface area contributed by atoms with Crippen LogP contribution in [0.3, 0.4) is 0 Å². The number of carbonyl (C=O) groups is 2. The lowest BCUT2D eigenvalue weighted by atomic mass is 9.74. The van der Waals surface area contributed by atoms with Crippen molar-refractivity contribution in [2.75, 3.05) is 59.7 Å². The van der Waals surface area contributed by atoms with Crippen LogP contribution >= 0.6 is 11.3 Å². The lowest BCUT2D eigenvalue weighted by Gasteiger charge is -2.45. The number of likely N-dealkylation sites (N-methyl/N-ethyl adjacent to an activating group) is 1. The van der Waals surface area contributed by atoms with Crippen LogP contribution in [-0.4, -0.2) is 87.0 Å². The zero-order valence-electron chi connectivity index (χ0n) is 20.6. The minimum absolute atomic E-state index is 0.0696. The average Bonchev–Trinajstić information content (AvgIpc) is 3.14. The van der Waals surface area contributed by atoms with Gasteiger partial charge in [-0.05, 0) is 71.3 Å². The van der Waals surface area contributed by atoms with Crippen molar-refractivity contribution in [1.82, 2.24) is 20.0 Å². The highest BCUT2D eigenvalue weighted by molar-refractivity contribution is 7.16. The number of anilines is 1. The molecule has 8 nitrogen and oxygen atoms in total. The Hall–Kier alpha value is -2.15. The largest absolute Gasteiger partial charge is 0.379 e. The van der Waals surface area contributed by atoms with Gasteiger partial charge >= 0.3 is 6.03 Å². The highest BCUT2D eigenvalue weighted by atomic mass is 32.1. The molecule has 33 heavy (non-hydrogen) atoms. The quantitative estimate of drug-likeness (QED) is 0.563. The lowest BCUT2D eigenvalue weighted by Crippen LogP contribution is -2.55. The van der Waals surface area contributed by atoms with E-state index in [2.05, 4.69) is 33.6 Å². The zero-order chi connectivity index (χ0) is 24.1. The predicted molar refractivity (Wildman–Crippen MR) is 133 cm³/mol. The number of imide groups is 1. The first kappa shape index (κ1) is 25.5. The molecule has 0 aromatic carbocycles. The Labute approximate surface area is 201 Å². The second-order valence-corrected chi connectivity index (χ2v) is 10.7. The van der Waals surface area contributed by atoms with Crippen LogP contribution in [0.5, 0.6) is 0 Å². The van der Waals surface area contributed by atoms with Gasteiger partial charge in [0.2, 0.25) is 5.91 Å². The summed E-state index contributed by atoms with van der Waals surface area (Å²) in [6.07, 6.45) is 4.09. The molecule has 9 heteroatoms. The predicted octanol–water partition coefficient (Wildman–Crippen LogP) is 2.60. The van der Waals surface area contributed by atoms with Crippen molar-refractivity contribution in [3.8, 4) is 6.07 Å². The molecule has 0 spiro atoms. The van der Waals surface area contributed by atoms with Gasteiger partial charge in [0.1, 0.15) is 11.1 Å². The van der Waals surface area contributed by atoms with Crippen LogP contribution in [0.15, 0.2) is 0 Å². The zero-order valence-corrected chi connectivity index (χ0v) is 21.4. The van der Waals surface area contributed by atoms with E-state index in [0.29, 0.717) is 31.6 Å². The molecule has 1 saturated heterocycles. The summed E-state index contributed by atoms with van der Waals surface area (Å²) in [5.74, 6) is 0.0350. The monoisotopic (exact) mass is 474 g/mol. The van der Waals surface area contributed by atoms with Crippen molar-refractivity contribution in [3.63, 3.8) is 0 Å². The number of likely N-dealkylation sites (tertiary alicyclic amines) is 1. The third kappa shape index (κ3) is 5.68. The van der Waals surface area contributed by atoms with Gasteiger partial charge in [-0.2, -0.15) is 5.26 Å². The van der Waals surface area contributed by atoms with Gasteiger partial charge in [-0.3, -0.25) is 9.69 Å². The molecule has 2 heterocycles. The normalized spacial score (nSPS) is 22.3. The molecule has 0 bridgehead atoms. The van der Waals surface area contributed by atoms with Crippen LogP contribution in [0.4, 0.5) is 9.80 Å². The van der Waals surface area contributed by atoms with E-state index in [1.807, 2.05) is 28.1 Å². The molecule has 2 aliphatic rings. The van der Waals surface area contributed by atoms with Crippen LogP contribution in [0, 0.1) is 23.2 Å². The van der Waals surface area contributed by atoms with Gasteiger partial charge in [0.25, 0.3) is 0 Å². The number of thiophene rings is 1. The number of piperidine rings is 1. The summed E-state index contributed by atoms with van der Waals surface area (Å²) in [5, 5.41) is 16.7. The van der Waals surface area contributed by atoms with Crippen molar-refractivity contribution >= 4 is 28.3 Å². The number of fused-ring (bicyclic) bond motifs is 2. The van der Waals surface area contributed by atoms with Crippen LogP contribution in [0.25, 0.3) is 0 Å². The Kier molecular flexibility index (Phi) is 8.74. The molecule has 0 radical (unpaired) electrons. The molecule has 3 amide bonds. The number of amides is 3. The Morgan fingerprint density at radius 1 is 1.27 bits per heavy atom. The van der Waals surface area contributed by atoms with Gasteiger partial charge in [-0.25, -0.2) is 4.79 Å². The van der Waals surface area contributed by atoms with Crippen LogP contribution in [-0.2, 0) is 17.6 Å². The number of nitrogens with one attached hydrogen (secondary N) is 2. The minimum Gasteiger partial charge on any atom is -0.379 e. The first-order chi connectivity index (χ1) is 15.8. The molecule has 1 aromatic heterocycles. The first-order valence-corrected chi connectivity index (χ1v) is 12.8. The van der Waals surface area contributed by atoms with Crippen molar-refractivity contribution in [1.29, 1.82) is 5.26 Å². The average molecular weight is 475 g/mol. The van der Waals surface area contributed by atoms with Gasteiger partial charge in [0.15, 0.2) is 0 Å². The standard InChI is InChI=1S/C24H38N6O2S/c1-6-9-30(24(32)27-8-7-10-28(3)4)23(31)17-11-16-12-18-19(14-25)22(26-2)33-21(18)13-20(16)29(5)15-17/h16-17,20,26H,6-13,15H2,1-5H3,(H,27,32)/t16-,17-,20-/m1/s1. The maximum absolute atomic E-state index is 13.5. The minimum atomic E-state index is -0.278. The summed E-state index contributed by atoms with van der Waals surface area (Å²) in [5.41, 5.74) is 1.91. The molecule has 1 aromatic rings.